The van der Waals surface area contributed by atoms with Crippen molar-refractivity contribution in [3.63, 3.8) is 0 Å². The third-order valence-corrected chi connectivity index (χ3v) is 5.74. The second-order valence-corrected chi connectivity index (χ2v) is 8.05. The Morgan fingerprint density at radius 1 is 1.09 bits per heavy atom. The second kappa shape index (κ2) is 10.4. The molecule has 7 nitrogen and oxygen atoms in total. The summed E-state index contributed by atoms with van der Waals surface area (Å²) in [4.78, 5) is 31.7. The van der Waals surface area contributed by atoms with E-state index >= 15 is 0 Å². The number of methoxy groups -OCH3 is 1. The standard InChI is InChI=1S/C27H25FN2O5/c1-3-14-35-20-7-4-18(5-8-20)24-23(25(31)19-6-9-22(34-2)21(28)15-19)26(32)27(33)30(24)16-17-10-12-29-13-11-17/h4-13,15,24,31H,3,14,16H2,1-2H3/b25-23-. The molecule has 1 N–H and O–H groups in total. The zero-order valence-electron chi connectivity index (χ0n) is 19.4. The predicted octanol–water partition coefficient (Wildman–Crippen LogP) is 4.64. The monoisotopic (exact) mass is 476 g/mol. The maximum atomic E-state index is 14.4. The molecule has 1 fully saturated rings. The van der Waals surface area contributed by atoms with E-state index in [4.69, 9.17) is 9.47 Å². The number of ether oxygens (including phenoxy) is 2. The van der Waals surface area contributed by atoms with Gasteiger partial charge < -0.3 is 19.5 Å². The summed E-state index contributed by atoms with van der Waals surface area (Å²) in [6, 6.07) is 13.5. The molecule has 0 spiro atoms. The number of rotatable bonds is 8. The number of Topliss-reactive ketones (excluding diaryl/α,β-unsaturated/α-hetero) is 1. The SMILES string of the molecule is CCCOc1ccc(C2/C(=C(/O)c3ccc(OC)c(F)c3)C(=O)C(=O)N2Cc2ccncc2)cc1. The van der Waals surface area contributed by atoms with Gasteiger partial charge in [-0.3, -0.25) is 14.6 Å². The number of halogens is 1. The molecule has 1 aliphatic rings. The highest BCUT2D eigenvalue weighted by atomic mass is 19.1. The van der Waals surface area contributed by atoms with Gasteiger partial charge in [0, 0.05) is 24.5 Å². The van der Waals surface area contributed by atoms with Crippen molar-refractivity contribution in [3.05, 3.63) is 95.1 Å². The van der Waals surface area contributed by atoms with Crippen molar-refractivity contribution in [2.75, 3.05) is 13.7 Å². The molecule has 2 aromatic carbocycles. The number of aliphatic hydroxyl groups excluding tert-OH is 1. The first-order valence-corrected chi connectivity index (χ1v) is 11.2. The number of likely N-dealkylation sites (tertiary alicyclic amines) is 1. The fourth-order valence-electron chi connectivity index (χ4n) is 4.01. The smallest absolute Gasteiger partial charge is 0.295 e. The van der Waals surface area contributed by atoms with Crippen LogP contribution in [-0.4, -0.2) is 40.4 Å². The number of benzene rings is 2. The van der Waals surface area contributed by atoms with Gasteiger partial charge >= 0.3 is 0 Å². The van der Waals surface area contributed by atoms with Gasteiger partial charge in [-0.2, -0.15) is 0 Å². The maximum absolute atomic E-state index is 14.4. The van der Waals surface area contributed by atoms with Gasteiger partial charge in [0.25, 0.3) is 11.7 Å². The lowest BCUT2D eigenvalue weighted by molar-refractivity contribution is -0.140. The van der Waals surface area contributed by atoms with Crippen LogP contribution in [0.25, 0.3) is 5.76 Å². The number of nitrogens with zero attached hydrogens (tertiary/aromatic N) is 2. The molecule has 0 aliphatic carbocycles. The van der Waals surface area contributed by atoms with Crippen molar-refractivity contribution >= 4 is 17.4 Å². The molecule has 2 heterocycles. The van der Waals surface area contributed by atoms with E-state index in [2.05, 4.69) is 4.98 Å². The van der Waals surface area contributed by atoms with Crippen molar-refractivity contribution in [3.8, 4) is 11.5 Å². The molecule has 0 radical (unpaired) electrons. The molecule has 1 atom stereocenters. The summed E-state index contributed by atoms with van der Waals surface area (Å²) in [6.45, 7) is 2.69. The van der Waals surface area contributed by atoms with Gasteiger partial charge in [-0.15, -0.1) is 0 Å². The lowest BCUT2D eigenvalue weighted by atomic mass is 9.95. The van der Waals surface area contributed by atoms with E-state index in [1.54, 1.807) is 48.8 Å². The Labute approximate surface area is 202 Å². The third kappa shape index (κ3) is 4.87. The van der Waals surface area contributed by atoms with Crippen LogP contribution in [-0.2, 0) is 16.1 Å². The Morgan fingerprint density at radius 2 is 1.80 bits per heavy atom. The Hall–Kier alpha value is -4.20. The van der Waals surface area contributed by atoms with E-state index in [0.29, 0.717) is 17.9 Å². The number of amides is 1. The third-order valence-electron chi connectivity index (χ3n) is 5.74. The lowest BCUT2D eigenvalue weighted by Gasteiger charge is -2.25. The minimum Gasteiger partial charge on any atom is -0.507 e. The van der Waals surface area contributed by atoms with Gasteiger partial charge in [-0.05, 0) is 60.0 Å². The zero-order chi connectivity index (χ0) is 24.9. The van der Waals surface area contributed by atoms with Crippen LogP contribution < -0.4 is 9.47 Å². The van der Waals surface area contributed by atoms with Crippen LogP contribution in [0, 0.1) is 5.82 Å². The van der Waals surface area contributed by atoms with Gasteiger partial charge in [0.15, 0.2) is 11.6 Å². The predicted molar refractivity (Wildman–Crippen MR) is 127 cm³/mol. The van der Waals surface area contributed by atoms with Gasteiger partial charge in [-0.25, -0.2) is 4.39 Å². The fourth-order valence-corrected chi connectivity index (χ4v) is 4.01. The molecule has 35 heavy (non-hydrogen) atoms. The van der Waals surface area contributed by atoms with E-state index in [-0.39, 0.29) is 23.4 Å². The van der Waals surface area contributed by atoms with Crippen LogP contribution in [0.1, 0.15) is 36.1 Å². The number of pyridine rings is 1. The topological polar surface area (TPSA) is 89.0 Å². The maximum Gasteiger partial charge on any atom is 0.295 e. The molecule has 8 heteroatoms. The van der Waals surface area contributed by atoms with E-state index < -0.39 is 29.3 Å². The first-order chi connectivity index (χ1) is 16.9. The number of ketones is 1. The highest BCUT2D eigenvalue weighted by Gasteiger charge is 2.46. The summed E-state index contributed by atoms with van der Waals surface area (Å²) >= 11 is 0. The number of hydrogen-bond acceptors (Lipinski definition) is 6. The normalized spacial score (nSPS) is 17.0. The van der Waals surface area contributed by atoms with Crippen molar-refractivity contribution in [1.82, 2.24) is 9.88 Å². The Kier molecular flexibility index (Phi) is 7.10. The minimum atomic E-state index is -0.881. The number of hydrogen-bond donors (Lipinski definition) is 1. The Balaban J connectivity index is 1.81. The molecule has 1 amide bonds. The van der Waals surface area contributed by atoms with Crippen LogP contribution in [0.2, 0.25) is 0 Å². The number of carbonyl (C=O) groups excluding carboxylic acids is 2. The van der Waals surface area contributed by atoms with E-state index in [9.17, 15) is 19.1 Å². The lowest BCUT2D eigenvalue weighted by Crippen LogP contribution is -2.29. The van der Waals surface area contributed by atoms with E-state index in [1.807, 2.05) is 6.92 Å². The summed E-state index contributed by atoms with van der Waals surface area (Å²) in [5.74, 6) is -2.11. The highest BCUT2D eigenvalue weighted by molar-refractivity contribution is 6.46. The molecule has 180 valence electrons. The average molecular weight is 477 g/mol. The number of carbonyl (C=O) groups is 2. The second-order valence-electron chi connectivity index (χ2n) is 8.05. The molecule has 1 unspecified atom stereocenters. The van der Waals surface area contributed by atoms with Crippen LogP contribution in [0.4, 0.5) is 4.39 Å². The summed E-state index contributed by atoms with van der Waals surface area (Å²) < 4.78 is 24.9. The first-order valence-electron chi connectivity index (χ1n) is 11.2. The summed E-state index contributed by atoms with van der Waals surface area (Å²) in [6.07, 6.45) is 4.05. The van der Waals surface area contributed by atoms with Crippen LogP contribution in [0.15, 0.2) is 72.6 Å². The van der Waals surface area contributed by atoms with Gasteiger partial charge in [0.1, 0.15) is 11.5 Å². The molecule has 3 aromatic rings. The highest BCUT2D eigenvalue weighted by Crippen LogP contribution is 2.41. The van der Waals surface area contributed by atoms with Gasteiger partial charge in [-0.1, -0.05) is 19.1 Å². The quantitative estimate of drug-likeness (QED) is 0.290. The van der Waals surface area contributed by atoms with Crippen molar-refractivity contribution in [2.24, 2.45) is 0 Å². The summed E-state index contributed by atoms with van der Waals surface area (Å²) in [5, 5.41) is 11.1. The van der Waals surface area contributed by atoms with Gasteiger partial charge in [0.2, 0.25) is 0 Å². The van der Waals surface area contributed by atoms with Crippen LogP contribution in [0.3, 0.4) is 0 Å². The molecule has 1 saturated heterocycles. The van der Waals surface area contributed by atoms with E-state index in [1.165, 1.54) is 24.1 Å². The summed E-state index contributed by atoms with van der Waals surface area (Å²) in [7, 11) is 1.33. The number of aliphatic hydroxyl groups is 1. The Morgan fingerprint density at radius 3 is 2.43 bits per heavy atom. The van der Waals surface area contributed by atoms with Crippen molar-refractivity contribution in [2.45, 2.75) is 25.9 Å². The molecule has 1 aliphatic heterocycles. The summed E-state index contributed by atoms with van der Waals surface area (Å²) in [5.41, 5.74) is 1.33. The molecular weight excluding hydrogens is 451 g/mol. The zero-order valence-corrected chi connectivity index (χ0v) is 19.4. The fraction of sp³-hybridized carbons (Fsp3) is 0.222. The molecule has 1 aromatic heterocycles. The average Bonchev–Trinajstić information content (AvgIpc) is 3.12. The Bertz CT molecular complexity index is 1260. The van der Waals surface area contributed by atoms with Crippen LogP contribution in [0.5, 0.6) is 11.5 Å². The molecular formula is C27H25FN2O5. The number of aromatic nitrogens is 1. The largest absolute Gasteiger partial charge is 0.507 e. The molecule has 0 bridgehead atoms. The van der Waals surface area contributed by atoms with Crippen molar-refractivity contribution in [1.29, 1.82) is 0 Å². The molecule has 0 saturated carbocycles. The van der Waals surface area contributed by atoms with Crippen LogP contribution >= 0.6 is 0 Å². The van der Waals surface area contributed by atoms with E-state index in [0.717, 1.165) is 18.1 Å². The molecule has 4 rings (SSSR count). The van der Waals surface area contributed by atoms with Gasteiger partial charge in [0.05, 0.1) is 25.3 Å². The first kappa shape index (κ1) is 23.9. The minimum absolute atomic E-state index is 0.00101. The van der Waals surface area contributed by atoms with Crippen molar-refractivity contribution < 1.29 is 28.6 Å².